The number of methoxy groups -OCH3 is 2. The summed E-state index contributed by atoms with van der Waals surface area (Å²) in [6.07, 6.45) is 0.891. The van der Waals surface area contributed by atoms with E-state index in [1.54, 1.807) is 14.2 Å². The van der Waals surface area contributed by atoms with Gasteiger partial charge in [0.05, 0.1) is 20.8 Å². The number of rotatable bonds is 8. The van der Waals surface area contributed by atoms with Gasteiger partial charge in [-0.2, -0.15) is 0 Å². The highest BCUT2D eigenvalue weighted by Crippen LogP contribution is 2.28. The molecule has 124 valence electrons. The predicted octanol–water partition coefficient (Wildman–Crippen LogP) is 2.92. The fourth-order valence-corrected chi connectivity index (χ4v) is 2.60. The molecule has 1 unspecified atom stereocenters. The lowest BCUT2D eigenvalue weighted by Crippen LogP contribution is -2.28. The van der Waals surface area contributed by atoms with Crippen LogP contribution in [-0.2, 0) is 19.6 Å². The van der Waals surface area contributed by atoms with E-state index in [-0.39, 0.29) is 6.61 Å². The lowest BCUT2D eigenvalue weighted by atomic mass is 10.0. The van der Waals surface area contributed by atoms with Gasteiger partial charge in [-0.25, -0.2) is 0 Å². The van der Waals surface area contributed by atoms with E-state index in [1.165, 1.54) is 5.56 Å². The molecule has 1 atom stereocenters. The Morgan fingerprint density at radius 3 is 2.35 bits per heavy atom. The van der Waals surface area contributed by atoms with E-state index in [0.717, 1.165) is 35.6 Å². The van der Waals surface area contributed by atoms with E-state index < -0.39 is 0 Å². The molecule has 4 heteroatoms. The zero-order chi connectivity index (χ0) is 16.7. The monoisotopic (exact) mass is 315 g/mol. The molecule has 0 fully saturated rings. The van der Waals surface area contributed by atoms with Crippen LogP contribution < -0.4 is 14.8 Å². The molecular weight excluding hydrogens is 290 g/mol. The van der Waals surface area contributed by atoms with Crippen molar-refractivity contribution in [3.63, 3.8) is 0 Å². The molecule has 2 N–H and O–H groups in total. The Bertz CT molecular complexity index is 628. The normalized spacial score (nSPS) is 12.0. The molecule has 0 aliphatic rings. The minimum Gasteiger partial charge on any atom is -0.493 e. The van der Waals surface area contributed by atoms with Gasteiger partial charge in [0.1, 0.15) is 0 Å². The summed E-state index contributed by atoms with van der Waals surface area (Å²) in [5.41, 5.74) is 3.30. The smallest absolute Gasteiger partial charge is 0.160 e. The Labute approximate surface area is 138 Å². The quantitative estimate of drug-likeness (QED) is 0.786. The molecule has 0 saturated carbocycles. The number of aliphatic hydroxyl groups excluding tert-OH is 1. The summed E-state index contributed by atoms with van der Waals surface area (Å²) in [4.78, 5) is 0. The molecule has 23 heavy (non-hydrogen) atoms. The Hall–Kier alpha value is -2.04. The molecule has 0 heterocycles. The largest absolute Gasteiger partial charge is 0.493 e. The van der Waals surface area contributed by atoms with Gasteiger partial charge >= 0.3 is 0 Å². The lowest BCUT2D eigenvalue weighted by molar-refractivity contribution is 0.280. The molecule has 0 aliphatic carbocycles. The van der Waals surface area contributed by atoms with Crippen LogP contribution in [0.15, 0.2) is 42.5 Å². The van der Waals surface area contributed by atoms with E-state index in [4.69, 9.17) is 9.47 Å². The van der Waals surface area contributed by atoms with Crippen LogP contribution in [0.1, 0.15) is 23.6 Å². The Morgan fingerprint density at radius 2 is 1.70 bits per heavy atom. The highest BCUT2D eigenvalue weighted by molar-refractivity contribution is 5.43. The second-order valence-electron chi connectivity index (χ2n) is 5.60. The van der Waals surface area contributed by atoms with Gasteiger partial charge in [0.2, 0.25) is 0 Å². The van der Waals surface area contributed by atoms with E-state index in [2.05, 4.69) is 18.3 Å². The third kappa shape index (κ3) is 4.71. The van der Waals surface area contributed by atoms with Crippen molar-refractivity contribution in [3.8, 4) is 11.5 Å². The lowest BCUT2D eigenvalue weighted by Gasteiger charge is -2.16. The zero-order valence-corrected chi connectivity index (χ0v) is 14.0. The van der Waals surface area contributed by atoms with Crippen molar-refractivity contribution in [1.29, 1.82) is 0 Å². The third-order valence-corrected chi connectivity index (χ3v) is 3.92. The second kappa shape index (κ2) is 8.56. The first kappa shape index (κ1) is 17.3. The van der Waals surface area contributed by atoms with Gasteiger partial charge in [-0.05, 0) is 42.2 Å². The van der Waals surface area contributed by atoms with Crippen molar-refractivity contribution >= 4 is 0 Å². The van der Waals surface area contributed by atoms with Gasteiger partial charge in [-0.3, -0.25) is 0 Å². The van der Waals surface area contributed by atoms with Crippen LogP contribution in [0.4, 0.5) is 0 Å². The van der Waals surface area contributed by atoms with Crippen molar-refractivity contribution in [1.82, 2.24) is 5.32 Å². The number of aliphatic hydroxyl groups is 1. The molecule has 4 nitrogen and oxygen atoms in total. The maximum Gasteiger partial charge on any atom is 0.160 e. The van der Waals surface area contributed by atoms with Crippen LogP contribution in [0.3, 0.4) is 0 Å². The highest BCUT2D eigenvalue weighted by Gasteiger charge is 2.09. The molecule has 2 aromatic rings. The van der Waals surface area contributed by atoms with E-state index in [1.807, 2.05) is 36.4 Å². The number of ether oxygens (including phenoxy) is 2. The van der Waals surface area contributed by atoms with Crippen molar-refractivity contribution in [3.05, 3.63) is 59.2 Å². The van der Waals surface area contributed by atoms with Crippen molar-refractivity contribution in [2.75, 3.05) is 14.2 Å². The molecule has 0 radical (unpaired) electrons. The summed E-state index contributed by atoms with van der Waals surface area (Å²) in [6.45, 7) is 2.96. The van der Waals surface area contributed by atoms with Gasteiger partial charge in [-0.1, -0.05) is 30.3 Å². The zero-order valence-electron chi connectivity index (χ0n) is 14.0. The van der Waals surface area contributed by atoms with Crippen LogP contribution in [0, 0.1) is 0 Å². The minimum absolute atomic E-state index is 0.0713. The molecule has 2 aromatic carbocycles. The highest BCUT2D eigenvalue weighted by atomic mass is 16.5. The number of benzene rings is 2. The molecule has 2 rings (SSSR count). The molecule has 0 amide bonds. The maximum atomic E-state index is 9.37. The summed E-state index contributed by atoms with van der Waals surface area (Å²) in [6, 6.07) is 14.2. The molecule has 0 spiro atoms. The first-order chi connectivity index (χ1) is 11.2. The Morgan fingerprint density at radius 1 is 1.00 bits per heavy atom. The molecule has 0 saturated heterocycles. The Kier molecular flexibility index (Phi) is 6.44. The SMILES string of the molecule is COc1ccc(CC(C)NCc2ccccc2CO)cc1OC. The number of hydrogen-bond donors (Lipinski definition) is 2. The second-order valence-corrected chi connectivity index (χ2v) is 5.60. The van der Waals surface area contributed by atoms with Gasteiger partial charge < -0.3 is 19.9 Å². The number of nitrogens with one attached hydrogen (secondary N) is 1. The molecule has 0 aromatic heterocycles. The van der Waals surface area contributed by atoms with Gasteiger partial charge in [0.25, 0.3) is 0 Å². The summed E-state index contributed by atoms with van der Waals surface area (Å²) in [7, 11) is 3.29. The summed E-state index contributed by atoms with van der Waals surface area (Å²) >= 11 is 0. The molecule has 0 bridgehead atoms. The number of hydrogen-bond acceptors (Lipinski definition) is 4. The average Bonchev–Trinajstić information content (AvgIpc) is 2.60. The van der Waals surface area contributed by atoms with Crippen LogP contribution in [0.5, 0.6) is 11.5 Å². The predicted molar refractivity (Wildman–Crippen MR) is 91.9 cm³/mol. The van der Waals surface area contributed by atoms with E-state index in [0.29, 0.717) is 6.04 Å². The first-order valence-electron chi connectivity index (χ1n) is 7.79. The van der Waals surface area contributed by atoms with E-state index >= 15 is 0 Å². The van der Waals surface area contributed by atoms with Gasteiger partial charge in [0.15, 0.2) is 11.5 Å². The maximum absolute atomic E-state index is 9.37. The van der Waals surface area contributed by atoms with Crippen molar-refractivity contribution in [2.45, 2.75) is 32.5 Å². The summed E-state index contributed by atoms with van der Waals surface area (Å²) in [5.74, 6) is 1.50. The van der Waals surface area contributed by atoms with Crippen LogP contribution in [0.25, 0.3) is 0 Å². The molecular formula is C19H25NO3. The van der Waals surface area contributed by atoms with Crippen LogP contribution in [0.2, 0.25) is 0 Å². The topological polar surface area (TPSA) is 50.7 Å². The van der Waals surface area contributed by atoms with Gasteiger partial charge in [-0.15, -0.1) is 0 Å². The minimum atomic E-state index is 0.0713. The average molecular weight is 315 g/mol. The van der Waals surface area contributed by atoms with Gasteiger partial charge in [0, 0.05) is 12.6 Å². The Balaban J connectivity index is 1.95. The summed E-state index contributed by atoms with van der Waals surface area (Å²) < 4.78 is 10.6. The fourth-order valence-electron chi connectivity index (χ4n) is 2.60. The van der Waals surface area contributed by atoms with Crippen LogP contribution in [-0.4, -0.2) is 25.4 Å². The standard InChI is InChI=1S/C19H25NO3/c1-14(20-12-16-6-4-5-7-17(16)13-21)10-15-8-9-18(22-2)19(11-15)23-3/h4-9,11,14,20-21H,10,12-13H2,1-3H3. The van der Waals surface area contributed by atoms with E-state index in [9.17, 15) is 5.11 Å². The summed E-state index contributed by atoms with van der Waals surface area (Å²) in [5, 5.41) is 12.9. The van der Waals surface area contributed by atoms with Crippen LogP contribution >= 0.6 is 0 Å². The fraction of sp³-hybridized carbons (Fsp3) is 0.368. The van der Waals surface area contributed by atoms with Crippen molar-refractivity contribution < 1.29 is 14.6 Å². The van der Waals surface area contributed by atoms with Crippen molar-refractivity contribution in [2.24, 2.45) is 0 Å². The molecule has 0 aliphatic heterocycles. The third-order valence-electron chi connectivity index (χ3n) is 3.92. The first-order valence-corrected chi connectivity index (χ1v) is 7.79.